The van der Waals surface area contributed by atoms with Gasteiger partial charge < -0.3 is 20.1 Å². The molecule has 1 aromatic carbocycles. The Labute approximate surface area is 157 Å². The van der Waals surface area contributed by atoms with E-state index >= 15 is 0 Å². The molecule has 0 aliphatic heterocycles. The zero-order valence-corrected chi connectivity index (χ0v) is 17.1. The summed E-state index contributed by atoms with van der Waals surface area (Å²) in [4.78, 5) is 4.23. The third kappa shape index (κ3) is 8.29. The Morgan fingerprint density at radius 3 is 2.30 bits per heavy atom. The minimum absolute atomic E-state index is 0. The second-order valence-corrected chi connectivity index (χ2v) is 5.55. The number of aliphatic imine (C=N–C) groups is 1. The van der Waals surface area contributed by atoms with Gasteiger partial charge in [-0.3, -0.25) is 4.99 Å². The molecule has 0 atom stereocenters. The Morgan fingerprint density at radius 1 is 1.09 bits per heavy atom. The number of nitrogens with one attached hydrogen (secondary N) is 2. The van der Waals surface area contributed by atoms with Crippen molar-refractivity contribution in [3.05, 3.63) is 23.8 Å². The summed E-state index contributed by atoms with van der Waals surface area (Å²) in [5.74, 6) is 3.06. The van der Waals surface area contributed by atoms with Crippen LogP contribution in [0.4, 0.5) is 0 Å². The van der Waals surface area contributed by atoms with Gasteiger partial charge in [-0.25, -0.2) is 0 Å². The van der Waals surface area contributed by atoms with Crippen LogP contribution in [0.2, 0.25) is 0 Å². The molecule has 2 N–H and O–H groups in total. The summed E-state index contributed by atoms with van der Waals surface area (Å²) in [5.41, 5.74) is 1.20. The molecule has 0 bridgehead atoms. The van der Waals surface area contributed by atoms with Crippen molar-refractivity contribution >= 4 is 29.9 Å². The first-order valence-corrected chi connectivity index (χ1v) is 7.76. The zero-order chi connectivity index (χ0) is 16.4. The van der Waals surface area contributed by atoms with Gasteiger partial charge in [0.2, 0.25) is 0 Å². The van der Waals surface area contributed by atoms with Crippen molar-refractivity contribution in [3.8, 4) is 11.5 Å². The van der Waals surface area contributed by atoms with Crippen LogP contribution in [-0.2, 0) is 6.42 Å². The number of nitrogens with zero attached hydrogens (tertiary/aromatic N) is 1. The monoisotopic (exact) mass is 435 g/mol. The largest absolute Gasteiger partial charge is 0.493 e. The van der Waals surface area contributed by atoms with Crippen LogP contribution in [0.3, 0.4) is 0 Å². The van der Waals surface area contributed by atoms with E-state index in [2.05, 4.69) is 35.5 Å². The molecule has 0 fully saturated rings. The van der Waals surface area contributed by atoms with Crippen molar-refractivity contribution in [2.24, 2.45) is 10.9 Å². The van der Waals surface area contributed by atoms with E-state index in [0.717, 1.165) is 43.4 Å². The van der Waals surface area contributed by atoms with Crippen LogP contribution in [-0.4, -0.2) is 40.3 Å². The van der Waals surface area contributed by atoms with Crippen LogP contribution in [0.5, 0.6) is 11.5 Å². The number of ether oxygens (including phenoxy) is 2. The number of methoxy groups -OCH3 is 2. The maximum absolute atomic E-state index is 5.32. The van der Waals surface area contributed by atoms with Crippen molar-refractivity contribution < 1.29 is 9.47 Å². The highest BCUT2D eigenvalue weighted by Crippen LogP contribution is 2.27. The number of hydrogen-bond donors (Lipinski definition) is 2. The fourth-order valence-electron chi connectivity index (χ4n) is 2.06. The lowest BCUT2D eigenvalue weighted by Crippen LogP contribution is -2.39. The lowest BCUT2D eigenvalue weighted by atomic mass is 10.1. The van der Waals surface area contributed by atoms with Crippen LogP contribution in [0.15, 0.2) is 23.2 Å². The van der Waals surface area contributed by atoms with E-state index in [1.807, 2.05) is 12.1 Å². The predicted octanol–water partition coefficient (Wildman–Crippen LogP) is 3.08. The van der Waals surface area contributed by atoms with Gasteiger partial charge in [-0.15, -0.1) is 24.0 Å². The van der Waals surface area contributed by atoms with Crippen LogP contribution in [0, 0.1) is 5.92 Å². The van der Waals surface area contributed by atoms with Gasteiger partial charge in [-0.1, -0.05) is 19.9 Å². The number of hydrogen-bond acceptors (Lipinski definition) is 3. The lowest BCUT2D eigenvalue weighted by molar-refractivity contribution is 0.354. The Bertz CT molecular complexity index is 479. The molecular weight excluding hydrogens is 405 g/mol. The maximum atomic E-state index is 5.32. The van der Waals surface area contributed by atoms with Gasteiger partial charge in [-0.05, 0) is 36.5 Å². The molecule has 0 spiro atoms. The third-order valence-electron chi connectivity index (χ3n) is 3.39. The van der Waals surface area contributed by atoms with Gasteiger partial charge in [0.25, 0.3) is 0 Å². The normalized spacial score (nSPS) is 11.0. The van der Waals surface area contributed by atoms with E-state index in [1.54, 1.807) is 21.3 Å². The van der Waals surface area contributed by atoms with Gasteiger partial charge in [-0.2, -0.15) is 0 Å². The topological polar surface area (TPSA) is 54.9 Å². The standard InChI is InChI=1S/C17H29N3O2.HI/c1-13(2)8-10-19-17(18-3)20-11-9-14-6-7-15(21-4)16(12-14)22-5;/h6-7,12-13H,8-11H2,1-5H3,(H2,18,19,20);1H. The van der Waals surface area contributed by atoms with Gasteiger partial charge in [0.1, 0.15) is 0 Å². The van der Waals surface area contributed by atoms with E-state index in [-0.39, 0.29) is 24.0 Å². The molecule has 132 valence electrons. The van der Waals surface area contributed by atoms with Crippen LogP contribution in [0.25, 0.3) is 0 Å². The molecule has 5 nitrogen and oxygen atoms in total. The number of guanidine groups is 1. The Kier molecular flexibility index (Phi) is 11.6. The van der Waals surface area contributed by atoms with Crippen molar-refractivity contribution in [1.82, 2.24) is 10.6 Å². The number of rotatable bonds is 8. The molecule has 0 aliphatic carbocycles. The molecule has 0 unspecified atom stereocenters. The van der Waals surface area contributed by atoms with E-state index < -0.39 is 0 Å². The van der Waals surface area contributed by atoms with Gasteiger partial charge in [0, 0.05) is 20.1 Å². The molecule has 0 heterocycles. The third-order valence-corrected chi connectivity index (χ3v) is 3.39. The average Bonchev–Trinajstić information content (AvgIpc) is 2.52. The van der Waals surface area contributed by atoms with Crippen molar-refractivity contribution in [3.63, 3.8) is 0 Å². The summed E-state index contributed by atoms with van der Waals surface area (Å²) in [6, 6.07) is 6.00. The molecule has 0 aliphatic rings. The Hall–Kier alpha value is -1.18. The molecule has 0 saturated heterocycles. The average molecular weight is 435 g/mol. The van der Waals surface area contributed by atoms with Crippen molar-refractivity contribution in [2.45, 2.75) is 26.7 Å². The summed E-state index contributed by atoms with van der Waals surface area (Å²) in [6.07, 6.45) is 2.03. The second-order valence-electron chi connectivity index (χ2n) is 5.55. The number of halogens is 1. The first kappa shape index (κ1) is 21.8. The number of benzene rings is 1. The van der Waals surface area contributed by atoms with E-state index in [0.29, 0.717) is 5.92 Å². The summed E-state index contributed by atoms with van der Waals surface area (Å²) in [7, 11) is 5.09. The SMILES string of the molecule is CN=C(NCCc1ccc(OC)c(OC)c1)NCCC(C)C.I. The molecule has 0 saturated carbocycles. The first-order valence-electron chi connectivity index (χ1n) is 7.76. The Morgan fingerprint density at radius 2 is 1.74 bits per heavy atom. The molecule has 1 aromatic rings. The predicted molar refractivity (Wildman–Crippen MR) is 107 cm³/mol. The fraction of sp³-hybridized carbons (Fsp3) is 0.588. The first-order chi connectivity index (χ1) is 10.6. The van der Waals surface area contributed by atoms with Gasteiger partial charge in [0.05, 0.1) is 14.2 Å². The maximum Gasteiger partial charge on any atom is 0.190 e. The summed E-state index contributed by atoms with van der Waals surface area (Å²) < 4.78 is 10.6. The highest BCUT2D eigenvalue weighted by molar-refractivity contribution is 14.0. The molecule has 23 heavy (non-hydrogen) atoms. The van der Waals surface area contributed by atoms with E-state index in [9.17, 15) is 0 Å². The highest BCUT2D eigenvalue weighted by atomic mass is 127. The smallest absolute Gasteiger partial charge is 0.190 e. The van der Waals surface area contributed by atoms with Crippen molar-refractivity contribution in [2.75, 3.05) is 34.4 Å². The second kappa shape index (κ2) is 12.3. The quantitative estimate of drug-likeness (QED) is 0.375. The summed E-state index contributed by atoms with van der Waals surface area (Å²) in [5, 5.41) is 6.65. The molecule has 6 heteroatoms. The summed E-state index contributed by atoms with van der Waals surface area (Å²) >= 11 is 0. The van der Waals surface area contributed by atoms with Crippen LogP contribution < -0.4 is 20.1 Å². The zero-order valence-electron chi connectivity index (χ0n) is 14.8. The summed E-state index contributed by atoms with van der Waals surface area (Å²) in [6.45, 7) is 6.19. The fourth-order valence-corrected chi connectivity index (χ4v) is 2.06. The lowest BCUT2D eigenvalue weighted by Gasteiger charge is -2.13. The van der Waals surface area contributed by atoms with Gasteiger partial charge in [0.15, 0.2) is 17.5 Å². The molecular formula is C17H30IN3O2. The molecule has 1 rings (SSSR count). The van der Waals surface area contributed by atoms with Crippen LogP contribution in [0.1, 0.15) is 25.8 Å². The minimum atomic E-state index is 0. The highest BCUT2D eigenvalue weighted by Gasteiger charge is 2.05. The molecule has 0 aromatic heterocycles. The Balaban J connectivity index is 0.00000484. The van der Waals surface area contributed by atoms with Gasteiger partial charge >= 0.3 is 0 Å². The molecule has 0 amide bonds. The van der Waals surface area contributed by atoms with Crippen LogP contribution >= 0.6 is 24.0 Å². The van der Waals surface area contributed by atoms with Crippen molar-refractivity contribution in [1.29, 1.82) is 0 Å². The molecule has 0 radical (unpaired) electrons. The van der Waals surface area contributed by atoms with E-state index in [1.165, 1.54) is 5.56 Å². The minimum Gasteiger partial charge on any atom is -0.493 e. The van der Waals surface area contributed by atoms with E-state index in [4.69, 9.17) is 9.47 Å².